The first-order valence-corrected chi connectivity index (χ1v) is 6.58. The fraction of sp³-hybridized carbons (Fsp3) is 0.846. The number of hydrogen-bond acceptors (Lipinski definition) is 3. The normalized spacial score (nSPS) is 27.4. The van der Waals surface area contributed by atoms with Crippen LogP contribution in [0.2, 0.25) is 0 Å². The second kappa shape index (κ2) is 5.50. The van der Waals surface area contributed by atoms with Gasteiger partial charge >= 0.3 is 0 Å². The molecule has 1 atom stereocenters. The molecular weight excluding hydrogens is 216 g/mol. The zero-order valence-corrected chi connectivity index (χ0v) is 10.2. The van der Waals surface area contributed by atoms with Gasteiger partial charge in [-0.1, -0.05) is 0 Å². The van der Waals surface area contributed by atoms with E-state index in [4.69, 9.17) is 4.74 Å². The first-order chi connectivity index (χ1) is 8.24. The monoisotopic (exact) mass is 236 g/mol. The summed E-state index contributed by atoms with van der Waals surface area (Å²) in [5.41, 5.74) is -0.592. The van der Waals surface area contributed by atoms with E-state index in [0.29, 0.717) is 6.42 Å². The molecule has 1 N–H and O–H groups in total. The molecule has 1 amide bonds. The molecule has 1 saturated carbocycles. The molecule has 2 aliphatic rings. The van der Waals surface area contributed by atoms with E-state index in [1.54, 1.807) is 0 Å². The quantitative estimate of drug-likeness (QED) is 0.814. The number of amides is 1. The predicted octanol–water partition coefficient (Wildman–Crippen LogP) is 1.90. The Balaban J connectivity index is 1.82. The maximum atomic E-state index is 11.9. The van der Waals surface area contributed by atoms with Crippen molar-refractivity contribution in [3.63, 3.8) is 0 Å². The molecule has 2 fully saturated rings. The van der Waals surface area contributed by atoms with Crippen molar-refractivity contribution in [2.75, 3.05) is 6.61 Å². The molecule has 94 valence electrons. The van der Waals surface area contributed by atoms with Crippen LogP contribution in [0.25, 0.3) is 0 Å². The number of nitrogens with zero attached hydrogens (tertiary/aromatic N) is 1. The number of hydrogen-bond donors (Lipinski definition) is 1. The van der Waals surface area contributed by atoms with E-state index in [0.717, 1.165) is 51.6 Å². The standard InChI is InChI=1S/C13H20N2O2/c14-10-13(6-2-3-7-13)15-12(16)9-11-5-1-4-8-17-11/h11H,1-9H2,(H,15,16). The molecule has 0 aromatic carbocycles. The molecule has 1 heterocycles. The Morgan fingerprint density at radius 2 is 2.12 bits per heavy atom. The van der Waals surface area contributed by atoms with Gasteiger partial charge in [0.05, 0.1) is 18.6 Å². The third-order valence-corrected chi connectivity index (χ3v) is 3.74. The second-order valence-electron chi connectivity index (χ2n) is 5.14. The van der Waals surface area contributed by atoms with Crippen molar-refractivity contribution in [1.29, 1.82) is 5.26 Å². The third kappa shape index (κ3) is 3.19. The summed E-state index contributed by atoms with van der Waals surface area (Å²) in [6, 6.07) is 2.27. The summed E-state index contributed by atoms with van der Waals surface area (Å²) in [7, 11) is 0. The van der Waals surface area contributed by atoms with Crippen molar-refractivity contribution in [3.8, 4) is 6.07 Å². The fourth-order valence-corrected chi connectivity index (χ4v) is 2.74. The number of ether oxygens (including phenoxy) is 1. The Morgan fingerprint density at radius 1 is 1.35 bits per heavy atom. The number of carbonyl (C=O) groups is 1. The van der Waals surface area contributed by atoms with Gasteiger partial charge in [-0.3, -0.25) is 4.79 Å². The van der Waals surface area contributed by atoms with Crippen LogP contribution in [0.3, 0.4) is 0 Å². The molecular formula is C13H20N2O2. The van der Waals surface area contributed by atoms with Crippen LogP contribution in [-0.2, 0) is 9.53 Å². The lowest BCUT2D eigenvalue weighted by molar-refractivity contribution is -0.126. The highest BCUT2D eigenvalue weighted by Crippen LogP contribution is 2.29. The molecule has 0 bridgehead atoms. The molecule has 0 aromatic rings. The minimum Gasteiger partial charge on any atom is -0.378 e. The van der Waals surface area contributed by atoms with Gasteiger partial charge < -0.3 is 10.1 Å². The van der Waals surface area contributed by atoms with E-state index in [9.17, 15) is 10.1 Å². The number of carbonyl (C=O) groups excluding carboxylic acids is 1. The van der Waals surface area contributed by atoms with Crippen LogP contribution in [0.5, 0.6) is 0 Å². The summed E-state index contributed by atoms with van der Waals surface area (Å²) >= 11 is 0. The Kier molecular flexibility index (Phi) is 4.01. The molecule has 1 saturated heterocycles. The van der Waals surface area contributed by atoms with E-state index >= 15 is 0 Å². The Morgan fingerprint density at radius 3 is 2.71 bits per heavy atom. The highest BCUT2D eigenvalue weighted by Gasteiger charge is 2.35. The van der Waals surface area contributed by atoms with Crippen LogP contribution >= 0.6 is 0 Å². The Bertz CT molecular complexity index is 310. The van der Waals surface area contributed by atoms with Gasteiger partial charge in [-0.25, -0.2) is 0 Å². The molecule has 0 radical (unpaired) electrons. The molecule has 1 aliphatic heterocycles. The van der Waals surface area contributed by atoms with Gasteiger partial charge in [-0.2, -0.15) is 5.26 Å². The van der Waals surface area contributed by atoms with Gasteiger partial charge in [0, 0.05) is 6.61 Å². The first kappa shape index (κ1) is 12.4. The van der Waals surface area contributed by atoms with Crippen LogP contribution in [0.1, 0.15) is 51.4 Å². The minimum atomic E-state index is -0.592. The van der Waals surface area contributed by atoms with Gasteiger partial charge in [0.2, 0.25) is 5.91 Å². The summed E-state index contributed by atoms with van der Waals surface area (Å²) in [5, 5.41) is 12.1. The van der Waals surface area contributed by atoms with Crippen molar-refractivity contribution in [2.45, 2.75) is 63.0 Å². The van der Waals surface area contributed by atoms with Gasteiger partial charge in [-0.15, -0.1) is 0 Å². The van der Waals surface area contributed by atoms with E-state index in [-0.39, 0.29) is 12.0 Å². The number of nitrogens with one attached hydrogen (secondary N) is 1. The van der Waals surface area contributed by atoms with Crippen LogP contribution in [0.15, 0.2) is 0 Å². The topological polar surface area (TPSA) is 62.1 Å². The highest BCUT2D eigenvalue weighted by atomic mass is 16.5. The maximum absolute atomic E-state index is 11.9. The molecule has 2 rings (SSSR count). The summed E-state index contributed by atoms with van der Waals surface area (Å²) in [4.78, 5) is 11.9. The van der Waals surface area contributed by atoms with E-state index in [1.165, 1.54) is 0 Å². The lowest BCUT2D eigenvalue weighted by atomic mass is 9.98. The average Bonchev–Trinajstić information content (AvgIpc) is 2.79. The van der Waals surface area contributed by atoms with Crippen LogP contribution in [0.4, 0.5) is 0 Å². The Labute approximate surface area is 102 Å². The lowest BCUT2D eigenvalue weighted by Gasteiger charge is -2.25. The maximum Gasteiger partial charge on any atom is 0.223 e. The molecule has 0 aromatic heterocycles. The van der Waals surface area contributed by atoms with Crippen LogP contribution in [0, 0.1) is 11.3 Å². The fourth-order valence-electron chi connectivity index (χ4n) is 2.74. The smallest absolute Gasteiger partial charge is 0.223 e. The average molecular weight is 236 g/mol. The molecule has 1 aliphatic carbocycles. The lowest BCUT2D eigenvalue weighted by Crippen LogP contribution is -2.46. The summed E-state index contributed by atoms with van der Waals surface area (Å²) < 4.78 is 5.54. The van der Waals surface area contributed by atoms with Gasteiger partial charge in [0.15, 0.2) is 0 Å². The third-order valence-electron chi connectivity index (χ3n) is 3.74. The van der Waals surface area contributed by atoms with Crippen molar-refractivity contribution in [1.82, 2.24) is 5.32 Å². The van der Waals surface area contributed by atoms with E-state index in [2.05, 4.69) is 11.4 Å². The summed E-state index contributed by atoms with van der Waals surface area (Å²) in [5.74, 6) is -0.0275. The molecule has 1 unspecified atom stereocenters. The molecule has 4 nitrogen and oxygen atoms in total. The van der Waals surface area contributed by atoms with Crippen LogP contribution < -0.4 is 5.32 Å². The predicted molar refractivity (Wildman–Crippen MR) is 63.2 cm³/mol. The van der Waals surface area contributed by atoms with Gasteiger partial charge in [0.1, 0.15) is 5.54 Å². The largest absolute Gasteiger partial charge is 0.378 e. The zero-order chi connectivity index (χ0) is 12.1. The van der Waals surface area contributed by atoms with Crippen molar-refractivity contribution in [3.05, 3.63) is 0 Å². The summed E-state index contributed by atoms with van der Waals surface area (Å²) in [6.07, 6.45) is 7.32. The van der Waals surface area contributed by atoms with Crippen LogP contribution in [-0.4, -0.2) is 24.2 Å². The first-order valence-electron chi connectivity index (χ1n) is 6.58. The molecule has 17 heavy (non-hydrogen) atoms. The number of nitriles is 1. The summed E-state index contributed by atoms with van der Waals surface area (Å²) in [6.45, 7) is 0.765. The molecule has 0 spiro atoms. The SMILES string of the molecule is N#CC1(NC(=O)CC2CCCCO2)CCCC1. The van der Waals surface area contributed by atoms with Crippen molar-refractivity contribution in [2.24, 2.45) is 0 Å². The van der Waals surface area contributed by atoms with E-state index < -0.39 is 5.54 Å². The van der Waals surface area contributed by atoms with Gasteiger partial charge in [0.25, 0.3) is 0 Å². The van der Waals surface area contributed by atoms with Crippen molar-refractivity contribution < 1.29 is 9.53 Å². The zero-order valence-electron chi connectivity index (χ0n) is 10.2. The molecule has 4 heteroatoms. The number of rotatable bonds is 3. The highest BCUT2D eigenvalue weighted by molar-refractivity contribution is 5.77. The minimum absolute atomic E-state index is 0.0275. The van der Waals surface area contributed by atoms with E-state index in [1.807, 2.05) is 0 Å². The van der Waals surface area contributed by atoms with Crippen molar-refractivity contribution >= 4 is 5.91 Å². The Hall–Kier alpha value is -1.08. The van der Waals surface area contributed by atoms with Gasteiger partial charge in [-0.05, 0) is 44.9 Å². The second-order valence-corrected chi connectivity index (χ2v) is 5.14.